The van der Waals surface area contributed by atoms with E-state index in [9.17, 15) is 9.90 Å². The molecule has 3 rings (SSSR count). The minimum atomic E-state index is -0.735. The number of aliphatic hydroxyl groups is 1. The van der Waals surface area contributed by atoms with E-state index in [0.29, 0.717) is 13.1 Å². The molecule has 0 saturated carbocycles. The van der Waals surface area contributed by atoms with Crippen molar-refractivity contribution in [3.05, 3.63) is 65.2 Å². The molecule has 2 aromatic carbocycles. The number of ether oxygens (including phenoxy) is 1. The lowest BCUT2D eigenvalue weighted by molar-refractivity contribution is -0.141. The molecular weight excluding hydrogens is 330 g/mol. The molecular formula is C21H25NO4. The van der Waals surface area contributed by atoms with Crippen LogP contribution in [0.25, 0.3) is 0 Å². The number of rotatable bonds is 7. The van der Waals surface area contributed by atoms with Crippen LogP contribution in [0.15, 0.2) is 48.5 Å². The smallest absolute Gasteiger partial charge is 0.308 e. The topological polar surface area (TPSA) is 70.0 Å². The summed E-state index contributed by atoms with van der Waals surface area (Å²) in [5.41, 5.74) is 3.35. The molecule has 0 spiro atoms. The van der Waals surface area contributed by atoms with Crippen LogP contribution in [0.5, 0.6) is 5.75 Å². The molecule has 138 valence electrons. The predicted octanol–water partition coefficient (Wildman–Crippen LogP) is 2.67. The molecule has 2 atom stereocenters. The lowest BCUT2D eigenvalue weighted by atomic mass is 9.86. The molecule has 5 nitrogen and oxygen atoms in total. The van der Waals surface area contributed by atoms with E-state index in [1.54, 1.807) is 0 Å². The van der Waals surface area contributed by atoms with Gasteiger partial charge in [0, 0.05) is 25.6 Å². The van der Waals surface area contributed by atoms with E-state index in [1.807, 2.05) is 55.5 Å². The van der Waals surface area contributed by atoms with Crippen molar-refractivity contribution in [2.45, 2.75) is 19.4 Å². The van der Waals surface area contributed by atoms with E-state index in [0.717, 1.165) is 29.0 Å². The van der Waals surface area contributed by atoms with Gasteiger partial charge in [0.05, 0.1) is 12.5 Å². The van der Waals surface area contributed by atoms with Crippen LogP contribution in [0.2, 0.25) is 0 Å². The van der Waals surface area contributed by atoms with Crippen LogP contribution in [0.4, 0.5) is 0 Å². The number of benzene rings is 2. The predicted molar refractivity (Wildman–Crippen MR) is 99.3 cm³/mol. The Morgan fingerprint density at radius 1 is 1.19 bits per heavy atom. The number of carboxylic acid groups (broad SMARTS) is 1. The summed E-state index contributed by atoms with van der Waals surface area (Å²) in [6.45, 7) is 4.24. The maximum atomic E-state index is 11.8. The molecule has 0 radical (unpaired) electrons. The van der Waals surface area contributed by atoms with Gasteiger partial charge in [-0.15, -0.1) is 0 Å². The molecule has 26 heavy (non-hydrogen) atoms. The first kappa shape index (κ1) is 18.4. The summed E-state index contributed by atoms with van der Waals surface area (Å²) in [4.78, 5) is 14.0. The summed E-state index contributed by atoms with van der Waals surface area (Å²) in [6, 6.07) is 15.8. The van der Waals surface area contributed by atoms with Crippen molar-refractivity contribution in [3.8, 4) is 5.75 Å². The highest BCUT2D eigenvalue weighted by molar-refractivity contribution is 5.72. The zero-order chi connectivity index (χ0) is 18.5. The van der Waals surface area contributed by atoms with Gasteiger partial charge in [0.15, 0.2) is 0 Å². The Hall–Kier alpha value is -2.37. The van der Waals surface area contributed by atoms with Gasteiger partial charge in [0.25, 0.3) is 0 Å². The van der Waals surface area contributed by atoms with Gasteiger partial charge in [0.1, 0.15) is 12.4 Å². The van der Waals surface area contributed by atoms with Gasteiger partial charge in [-0.3, -0.25) is 9.69 Å². The summed E-state index contributed by atoms with van der Waals surface area (Å²) in [5, 5.41) is 18.6. The average Bonchev–Trinajstić information content (AvgIpc) is 3.04. The van der Waals surface area contributed by atoms with Gasteiger partial charge < -0.3 is 14.9 Å². The van der Waals surface area contributed by atoms with Crippen molar-refractivity contribution < 1.29 is 19.7 Å². The zero-order valence-electron chi connectivity index (χ0n) is 15.0. The second-order valence-corrected chi connectivity index (χ2v) is 6.82. The van der Waals surface area contributed by atoms with Gasteiger partial charge >= 0.3 is 5.97 Å². The molecule has 0 unspecified atom stereocenters. The Kier molecular flexibility index (Phi) is 5.91. The van der Waals surface area contributed by atoms with E-state index in [4.69, 9.17) is 9.84 Å². The van der Waals surface area contributed by atoms with Crippen molar-refractivity contribution in [3.63, 3.8) is 0 Å². The summed E-state index contributed by atoms with van der Waals surface area (Å²) >= 11 is 0. The van der Waals surface area contributed by atoms with Gasteiger partial charge in [-0.25, -0.2) is 0 Å². The third kappa shape index (κ3) is 4.23. The zero-order valence-corrected chi connectivity index (χ0v) is 15.0. The molecule has 0 bridgehead atoms. The number of hydrogen-bond donors (Lipinski definition) is 2. The molecule has 1 heterocycles. The summed E-state index contributed by atoms with van der Waals surface area (Å²) < 4.78 is 5.46. The van der Waals surface area contributed by atoms with Crippen molar-refractivity contribution in [1.82, 2.24) is 4.90 Å². The molecule has 1 saturated heterocycles. The number of carboxylic acids is 1. The fourth-order valence-electron chi connectivity index (χ4n) is 3.74. The van der Waals surface area contributed by atoms with Gasteiger partial charge in [-0.2, -0.15) is 0 Å². The number of carbonyl (C=O) groups is 1. The van der Waals surface area contributed by atoms with Gasteiger partial charge in [0.2, 0.25) is 0 Å². The van der Waals surface area contributed by atoms with E-state index in [-0.39, 0.29) is 19.1 Å². The first-order valence-electron chi connectivity index (χ1n) is 8.91. The molecule has 1 aliphatic rings. The van der Waals surface area contributed by atoms with Crippen LogP contribution in [0, 0.1) is 12.8 Å². The first-order chi connectivity index (χ1) is 12.6. The van der Waals surface area contributed by atoms with Crippen LogP contribution >= 0.6 is 0 Å². The Morgan fingerprint density at radius 3 is 2.73 bits per heavy atom. The number of likely N-dealkylation sites (tertiary alicyclic amines) is 1. The van der Waals surface area contributed by atoms with E-state index in [1.165, 1.54) is 0 Å². The summed E-state index contributed by atoms with van der Waals surface area (Å²) in [5.74, 6) is -0.408. The molecule has 0 amide bonds. The normalized spacial score (nSPS) is 20.2. The molecule has 5 heteroatoms. The van der Waals surface area contributed by atoms with E-state index >= 15 is 0 Å². The number of aliphatic hydroxyl groups excluding tert-OH is 1. The number of nitrogens with zero attached hydrogens (tertiary/aromatic N) is 1. The summed E-state index contributed by atoms with van der Waals surface area (Å²) in [7, 11) is 0. The van der Waals surface area contributed by atoms with Crippen molar-refractivity contribution >= 4 is 5.97 Å². The van der Waals surface area contributed by atoms with Crippen LogP contribution in [0.3, 0.4) is 0 Å². The van der Waals surface area contributed by atoms with Crippen molar-refractivity contribution in [2.75, 3.05) is 26.3 Å². The number of aliphatic carboxylic acids is 1. The van der Waals surface area contributed by atoms with Crippen LogP contribution < -0.4 is 4.74 Å². The quantitative estimate of drug-likeness (QED) is 0.799. The first-order valence-corrected chi connectivity index (χ1v) is 8.91. The molecule has 0 aliphatic carbocycles. The molecule has 1 aliphatic heterocycles. The lowest BCUT2D eigenvalue weighted by Crippen LogP contribution is -2.23. The Morgan fingerprint density at radius 2 is 2.00 bits per heavy atom. The van der Waals surface area contributed by atoms with Gasteiger partial charge in [-0.05, 0) is 35.7 Å². The fourth-order valence-corrected chi connectivity index (χ4v) is 3.74. The van der Waals surface area contributed by atoms with E-state index < -0.39 is 11.9 Å². The second kappa shape index (κ2) is 8.34. The van der Waals surface area contributed by atoms with Gasteiger partial charge in [-0.1, -0.05) is 36.4 Å². The van der Waals surface area contributed by atoms with Crippen molar-refractivity contribution in [2.24, 2.45) is 5.92 Å². The van der Waals surface area contributed by atoms with Crippen LogP contribution in [-0.2, 0) is 11.3 Å². The highest BCUT2D eigenvalue weighted by Crippen LogP contribution is 2.35. The average molecular weight is 355 g/mol. The fraction of sp³-hybridized carbons (Fsp3) is 0.381. The Bertz CT molecular complexity index is 761. The lowest BCUT2D eigenvalue weighted by Gasteiger charge is -2.18. The monoisotopic (exact) mass is 355 g/mol. The highest BCUT2D eigenvalue weighted by atomic mass is 16.5. The maximum Gasteiger partial charge on any atom is 0.308 e. The third-order valence-electron chi connectivity index (χ3n) is 4.97. The number of hydrogen-bond acceptors (Lipinski definition) is 4. The van der Waals surface area contributed by atoms with Crippen LogP contribution in [-0.4, -0.2) is 47.4 Å². The Labute approximate surface area is 153 Å². The summed E-state index contributed by atoms with van der Waals surface area (Å²) in [6.07, 6.45) is 0. The van der Waals surface area contributed by atoms with Crippen molar-refractivity contribution in [1.29, 1.82) is 0 Å². The standard InChI is InChI=1S/C21H25NO4/c1-15-5-2-3-8-18(15)19-13-22(14-20(19)21(24)25)12-16-6-4-7-17(11-16)26-10-9-23/h2-8,11,19-20,23H,9-10,12-14H2,1H3,(H,24,25)/t19-,20+/m0/s1. The minimum absolute atomic E-state index is 0.00233. The maximum absolute atomic E-state index is 11.8. The molecule has 1 fully saturated rings. The minimum Gasteiger partial charge on any atom is -0.491 e. The third-order valence-corrected chi connectivity index (χ3v) is 4.97. The Balaban J connectivity index is 1.74. The molecule has 0 aromatic heterocycles. The second-order valence-electron chi connectivity index (χ2n) is 6.82. The SMILES string of the molecule is Cc1ccccc1[C@@H]1CN(Cc2cccc(OCCO)c2)C[C@H]1C(=O)O. The number of aryl methyl sites for hydroxylation is 1. The van der Waals surface area contributed by atoms with Crippen LogP contribution in [0.1, 0.15) is 22.6 Å². The van der Waals surface area contributed by atoms with E-state index in [2.05, 4.69) is 4.90 Å². The molecule has 2 aromatic rings. The highest BCUT2D eigenvalue weighted by Gasteiger charge is 2.38. The molecule has 2 N–H and O–H groups in total. The largest absolute Gasteiger partial charge is 0.491 e.